The average Bonchev–Trinajstić information content (AvgIpc) is 2.41. The Morgan fingerprint density at radius 1 is 0.952 bits per heavy atom. The van der Waals surface area contributed by atoms with Crippen molar-refractivity contribution in [1.29, 1.82) is 0 Å². The fraction of sp³-hybridized carbons (Fsp3) is 0. The van der Waals surface area contributed by atoms with Crippen LogP contribution < -0.4 is 4.18 Å². The van der Waals surface area contributed by atoms with Crippen molar-refractivity contribution in [2.24, 2.45) is 0 Å². The van der Waals surface area contributed by atoms with Gasteiger partial charge in [0.05, 0.1) is 0 Å². The topological polar surface area (TPSA) is 83.8 Å². The summed E-state index contributed by atoms with van der Waals surface area (Å²) in [6.45, 7) is 0. The molecule has 0 heterocycles. The van der Waals surface area contributed by atoms with Gasteiger partial charge in [0, 0.05) is 0 Å². The lowest BCUT2D eigenvalue weighted by Gasteiger charge is -2.06. The van der Waals surface area contributed by atoms with Gasteiger partial charge in [-0.05, 0) is 23.3 Å². The molecule has 0 aliphatic heterocycles. The summed E-state index contributed by atoms with van der Waals surface area (Å²) in [5, 5.41) is 19.2. The van der Waals surface area contributed by atoms with Gasteiger partial charge in [0.25, 0.3) is 0 Å². The fourth-order valence-corrected chi connectivity index (χ4v) is 2.03. The Balaban J connectivity index is 2.30. The molecule has 0 amide bonds. The first-order valence-corrected chi connectivity index (χ1v) is 7.09. The number of phenolic OH excluding ortho intramolecular Hbond substituents is 2. The van der Waals surface area contributed by atoms with Crippen LogP contribution in [0.2, 0.25) is 0 Å². The van der Waals surface area contributed by atoms with E-state index in [0.29, 0.717) is 5.56 Å². The Hall–Kier alpha value is -2.54. The molecule has 0 aliphatic rings. The smallest absolute Gasteiger partial charge is 0.488 e. The van der Waals surface area contributed by atoms with Gasteiger partial charge in [-0.15, -0.1) is 0 Å². The molecular formula is C14H11FO5S. The molecule has 0 unspecified atom stereocenters. The molecule has 0 saturated heterocycles. The second-order valence-electron chi connectivity index (χ2n) is 4.11. The highest BCUT2D eigenvalue weighted by Crippen LogP contribution is 2.38. The molecular weight excluding hydrogens is 299 g/mol. The highest BCUT2D eigenvalue weighted by atomic mass is 32.3. The predicted molar refractivity (Wildman–Crippen MR) is 75.8 cm³/mol. The third kappa shape index (κ3) is 4.22. The monoisotopic (exact) mass is 310 g/mol. The Morgan fingerprint density at radius 2 is 1.48 bits per heavy atom. The van der Waals surface area contributed by atoms with Crippen molar-refractivity contribution < 1.29 is 26.7 Å². The summed E-state index contributed by atoms with van der Waals surface area (Å²) in [4.78, 5) is 0. The zero-order valence-electron chi connectivity index (χ0n) is 10.6. The number of benzene rings is 2. The first-order valence-electron chi connectivity index (χ1n) is 5.78. The minimum absolute atomic E-state index is 0.387. The van der Waals surface area contributed by atoms with Gasteiger partial charge in [-0.2, -0.15) is 8.42 Å². The summed E-state index contributed by atoms with van der Waals surface area (Å²) in [7, 11) is -5.33. The van der Waals surface area contributed by atoms with Gasteiger partial charge in [0.1, 0.15) is 0 Å². The van der Waals surface area contributed by atoms with Crippen molar-refractivity contribution in [2.75, 3.05) is 0 Å². The van der Waals surface area contributed by atoms with E-state index < -0.39 is 27.8 Å². The Bertz CT molecular complexity index is 746. The standard InChI is InChI=1S/C14H11FO5S/c15-21(18,19)20-14-12(16)8-11(9-13(14)17)7-6-10-4-2-1-3-5-10/h1-9,16-17H/b7-6+. The van der Waals surface area contributed by atoms with Gasteiger partial charge in [-0.25, -0.2) is 0 Å². The number of aromatic hydroxyl groups is 2. The molecule has 0 spiro atoms. The van der Waals surface area contributed by atoms with E-state index in [2.05, 4.69) is 4.18 Å². The summed E-state index contributed by atoms with van der Waals surface area (Å²) in [5.41, 5.74) is 1.28. The maximum Gasteiger partial charge on any atom is 0.488 e. The third-order valence-corrected chi connectivity index (χ3v) is 2.89. The Labute approximate surface area is 121 Å². The molecule has 0 bridgehead atoms. The molecule has 110 valence electrons. The van der Waals surface area contributed by atoms with E-state index in [9.17, 15) is 22.5 Å². The zero-order chi connectivity index (χ0) is 15.5. The first-order chi connectivity index (χ1) is 9.85. The van der Waals surface area contributed by atoms with Crippen LogP contribution in [-0.2, 0) is 10.5 Å². The normalized spacial score (nSPS) is 11.7. The van der Waals surface area contributed by atoms with Gasteiger partial charge in [0.2, 0.25) is 5.75 Å². The highest BCUT2D eigenvalue weighted by molar-refractivity contribution is 7.81. The SMILES string of the molecule is O=S(=O)(F)Oc1c(O)cc(/C=C/c2ccccc2)cc1O. The average molecular weight is 310 g/mol. The molecule has 0 aromatic heterocycles. The van der Waals surface area contributed by atoms with Crippen LogP contribution in [0.4, 0.5) is 3.89 Å². The number of hydrogen-bond acceptors (Lipinski definition) is 5. The van der Waals surface area contributed by atoms with E-state index in [0.717, 1.165) is 17.7 Å². The van der Waals surface area contributed by atoms with Crippen molar-refractivity contribution in [3.8, 4) is 17.2 Å². The van der Waals surface area contributed by atoms with Crippen LogP contribution in [0.5, 0.6) is 17.2 Å². The van der Waals surface area contributed by atoms with E-state index in [-0.39, 0.29) is 0 Å². The Morgan fingerprint density at radius 3 is 2.00 bits per heavy atom. The lowest BCUT2D eigenvalue weighted by atomic mass is 10.1. The summed E-state index contributed by atoms with van der Waals surface area (Å²) < 4.78 is 37.0. The van der Waals surface area contributed by atoms with Crippen LogP contribution in [-0.4, -0.2) is 18.6 Å². The van der Waals surface area contributed by atoms with E-state index >= 15 is 0 Å². The van der Waals surface area contributed by atoms with Gasteiger partial charge in [0.15, 0.2) is 11.5 Å². The molecule has 2 rings (SSSR count). The molecule has 0 aliphatic carbocycles. The van der Waals surface area contributed by atoms with Gasteiger partial charge < -0.3 is 14.4 Å². The van der Waals surface area contributed by atoms with Crippen LogP contribution in [0.1, 0.15) is 11.1 Å². The highest BCUT2D eigenvalue weighted by Gasteiger charge is 2.18. The molecule has 0 saturated carbocycles. The third-order valence-electron chi connectivity index (χ3n) is 2.52. The predicted octanol–water partition coefficient (Wildman–Crippen LogP) is 2.86. The molecule has 0 radical (unpaired) electrons. The maximum absolute atomic E-state index is 12.4. The molecule has 2 aromatic carbocycles. The van der Waals surface area contributed by atoms with E-state index in [1.165, 1.54) is 0 Å². The van der Waals surface area contributed by atoms with Crippen molar-refractivity contribution in [3.05, 3.63) is 53.6 Å². The second kappa shape index (κ2) is 5.84. The molecule has 0 fully saturated rings. The van der Waals surface area contributed by atoms with E-state index in [4.69, 9.17) is 0 Å². The Kier molecular flexibility index (Phi) is 4.13. The van der Waals surface area contributed by atoms with Gasteiger partial charge in [-0.1, -0.05) is 46.4 Å². The maximum atomic E-state index is 12.4. The largest absolute Gasteiger partial charge is 0.504 e. The number of hydrogen-bond donors (Lipinski definition) is 2. The van der Waals surface area contributed by atoms with Crippen LogP contribution in [0, 0.1) is 0 Å². The number of halogens is 1. The second-order valence-corrected chi connectivity index (χ2v) is 5.06. The minimum atomic E-state index is -5.33. The van der Waals surface area contributed by atoms with Gasteiger partial charge >= 0.3 is 10.5 Å². The summed E-state index contributed by atoms with van der Waals surface area (Å²) in [6.07, 6.45) is 3.31. The quantitative estimate of drug-likeness (QED) is 0.670. The van der Waals surface area contributed by atoms with E-state index in [1.807, 2.05) is 30.3 Å². The van der Waals surface area contributed by atoms with Crippen LogP contribution in [0.15, 0.2) is 42.5 Å². The molecule has 5 nitrogen and oxygen atoms in total. The molecule has 21 heavy (non-hydrogen) atoms. The van der Waals surface area contributed by atoms with Crippen molar-refractivity contribution >= 4 is 22.7 Å². The van der Waals surface area contributed by atoms with Crippen LogP contribution in [0.3, 0.4) is 0 Å². The fourth-order valence-electron chi connectivity index (χ4n) is 1.66. The van der Waals surface area contributed by atoms with Crippen LogP contribution in [0.25, 0.3) is 12.2 Å². The lowest BCUT2D eigenvalue weighted by Crippen LogP contribution is -2.01. The van der Waals surface area contributed by atoms with Gasteiger partial charge in [-0.3, -0.25) is 0 Å². The zero-order valence-corrected chi connectivity index (χ0v) is 11.4. The first kappa shape index (κ1) is 14.9. The summed E-state index contributed by atoms with van der Waals surface area (Å²) in [6, 6.07) is 11.5. The summed E-state index contributed by atoms with van der Waals surface area (Å²) >= 11 is 0. The van der Waals surface area contributed by atoms with Crippen molar-refractivity contribution in [3.63, 3.8) is 0 Å². The minimum Gasteiger partial charge on any atom is -0.504 e. The molecule has 2 N–H and O–H groups in total. The molecule has 2 aromatic rings. The van der Waals surface area contributed by atoms with E-state index in [1.54, 1.807) is 12.2 Å². The molecule has 7 heteroatoms. The number of rotatable bonds is 4. The number of phenols is 2. The molecule has 0 atom stereocenters. The lowest BCUT2D eigenvalue weighted by molar-refractivity contribution is 0.380. The van der Waals surface area contributed by atoms with Crippen molar-refractivity contribution in [2.45, 2.75) is 0 Å². The summed E-state index contributed by atoms with van der Waals surface area (Å²) in [5.74, 6) is -2.23. The van der Waals surface area contributed by atoms with Crippen molar-refractivity contribution in [1.82, 2.24) is 0 Å². The van der Waals surface area contributed by atoms with Crippen LogP contribution >= 0.6 is 0 Å².